The minimum atomic E-state index is 0.294. The van der Waals surface area contributed by atoms with E-state index in [0.29, 0.717) is 9.52 Å². The summed E-state index contributed by atoms with van der Waals surface area (Å²) in [6.07, 6.45) is 14.5. The molecule has 1 rings (SSSR count). The van der Waals surface area contributed by atoms with Gasteiger partial charge in [-0.2, -0.15) is 0 Å². The van der Waals surface area contributed by atoms with Crippen LogP contribution in [0.5, 0.6) is 0 Å². The number of rotatable bonds is 13. The molecule has 0 bridgehead atoms. The van der Waals surface area contributed by atoms with Gasteiger partial charge >= 0.3 is 0 Å². The number of aryl methyl sites for hydroxylation is 1. The highest BCUT2D eigenvalue weighted by Gasteiger charge is 1.95. The fourth-order valence-corrected chi connectivity index (χ4v) is 5.11. The Morgan fingerprint density at radius 3 is 2.26 bits per heavy atom. The average Bonchev–Trinajstić information content (AvgIpc) is 2.93. The van der Waals surface area contributed by atoms with E-state index < -0.39 is 0 Å². The molecule has 0 N–H and O–H groups in total. The van der Waals surface area contributed by atoms with Crippen molar-refractivity contribution in [3.8, 4) is 0 Å². The second-order valence-corrected chi connectivity index (χ2v) is 8.87. The van der Waals surface area contributed by atoms with Gasteiger partial charge in [0.2, 0.25) is 0 Å². The molecule has 1 aromatic rings. The highest BCUT2D eigenvalue weighted by Crippen LogP contribution is 2.14. The number of unbranched alkanes of at least 4 members (excludes halogenated alkanes) is 7. The van der Waals surface area contributed by atoms with Gasteiger partial charge in [0.15, 0.2) is 0 Å². The molecule has 0 aliphatic heterocycles. The van der Waals surface area contributed by atoms with Crippen molar-refractivity contribution in [1.29, 1.82) is 0 Å². The molecule has 0 fully saturated rings. The third kappa shape index (κ3) is 10.4. The van der Waals surface area contributed by atoms with E-state index in [0.717, 1.165) is 0 Å². The quantitative estimate of drug-likeness (QED) is 0.317. The van der Waals surface area contributed by atoms with Crippen molar-refractivity contribution in [3.05, 3.63) is 22.4 Å². The van der Waals surface area contributed by atoms with E-state index in [-0.39, 0.29) is 0 Å². The van der Waals surface area contributed by atoms with Crippen LogP contribution in [0.1, 0.15) is 69.6 Å². The molecular formula is C17H32SSi. The third-order valence-electron chi connectivity index (χ3n) is 3.86. The SMILES string of the molecule is CCCCCCCC[SiH2]CCCCCc1cccs1. The second kappa shape index (κ2) is 12.9. The van der Waals surface area contributed by atoms with E-state index >= 15 is 0 Å². The van der Waals surface area contributed by atoms with Gasteiger partial charge in [-0.25, -0.2) is 0 Å². The molecule has 110 valence electrons. The van der Waals surface area contributed by atoms with Gasteiger partial charge in [-0.3, -0.25) is 0 Å². The average molecular weight is 297 g/mol. The Labute approximate surface area is 126 Å². The fourth-order valence-electron chi connectivity index (χ4n) is 2.60. The predicted octanol–water partition coefficient (Wildman–Crippen LogP) is 5.83. The van der Waals surface area contributed by atoms with Crippen LogP contribution in [-0.2, 0) is 6.42 Å². The second-order valence-electron chi connectivity index (χ2n) is 5.72. The monoisotopic (exact) mass is 296 g/mol. The minimum Gasteiger partial charge on any atom is -0.149 e. The zero-order chi connectivity index (χ0) is 13.6. The highest BCUT2D eigenvalue weighted by atomic mass is 32.1. The molecule has 0 radical (unpaired) electrons. The summed E-state index contributed by atoms with van der Waals surface area (Å²) in [6.45, 7) is 2.30. The number of hydrogen-bond acceptors (Lipinski definition) is 1. The van der Waals surface area contributed by atoms with Gasteiger partial charge < -0.3 is 0 Å². The van der Waals surface area contributed by atoms with Crippen molar-refractivity contribution < 1.29 is 0 Å². The maximum atomic E-state index is 2.30. The summed E-state index contributed by atoms with van der Waals surface area (Å²) in [6, 6.07) is 7.65. The summed E-state index contributed by atoms with van der Waals surface area (Å²) in [5.41, 5.74) is 0. The van der Waals surface area contributed by atoms with Gasteiger partial charge in [0.05, 0.1) is 0 Å². The molecule has 0 atom stereocenters. The summed E-state index contributed by atoms with van der Waals surface area (Å²) in [5, 5.41) is 2.20. The van der Waals surface area contributed by atoms with Crippen LogP contribution in [0.15, 0.2) is 17.5 Å². The van der Waals surface area contributed by atoms with Gasteiger partial charge in [-0.15, -0.1) is 11.3 Å². The van der Waals surface area contributed by atoms with Gasteiger partial charge in [-0.05, 0) is 24.3 Å². The number of thiophene rings is 1. The first-order chi connectivity index (χ1) is 9.43. The van der Waals surface area contributed by atoms with Crippen LogP contribution in [0.2, 0.25) is 12.1 Å². The standard InChI is InChI=1S/C17H32SSi/c1-2-3-4-5-6-9-15-19-16-10-7-8-12-17-13-11-14-18-17/h11,13-14H,2-10,12,15-16,19H2,1H3. The fraction of sp³-hybridized carbons (Fsp3) is 0.765. The minimum absolute atomic E-state index is 0.294. The summed E-state index contributed by atoms with van der Waals surface area (Å²) in [5.74, 6) is 0. The third-order valence-corrected chi connectivity index (χ3v) is 6.79. The molecule has 2 heteroatoms. The van der Waals surface area contributed by atoms with Crippen molar-refractivity contribution in [2.75, 3.05) is 0 Å². The normalized spacial score (nSPS) is 11.6. The van der Waals surface area contributed by atoms with Crippen LogP contribution in [0, 0.1) is 0 Å². The van der Waals surface area contributed by atoms with Crippen LogP contribution in [-0.4, -0.2) is 9.52 Å². The molecule has 0 amide bonds. The van der Waals surface area contributed by atoms with Crippen molar-refractivity contribution in [3.63, 3.8) is 0 Å². The van der Waals surface area contributed by atoms with Gasteiger partial charge in [-0.1, -0.05) is 76.4 Å². The van der Waals surface area contributed by atoms with Gasteiger partial charge in [0.25, 0.3) is 0 Å². The van der Waals surface area contributed by atoms with Crippen molar-refractivity contribution in [1.82, 2.24) is 0 Å². The Morgan fingerprint density at radius 2 is 1.58 bits per heavy atom. The number of hydrogen-bond donors (Lipinski definition) is 0. The molecule has 0 nitrogen and oxygen atoms in total. The van der Waals surface area contributed by atoms with Crippen LogP contribution in [0.3, 0.4) is 0 Å². The topological polar surface area (TPSA) is 0 Å². The van der Waals surface area contributed by atoms with E-state index in [1.54, 1.807) is 17.0 Å². The Morgan fingerprint density at radius 1 is 0.895 bits per heavy atom. The molecule has 0 saturated heterocycles. The Kier molecular flexibility index (Phi) is 11.5. The Balaban J connectivity index is 1.72. The maximum absolute atomic E-state index is 2.30. The van der Waals surface area contributed by atoms with E-state index in [9.17, 15) is 0 Å². The molecule has 0 spiro atoms. The van der Waals surface area contributed by atoms with E-state index in [4.69, 9.17) is 0 Å². The van der Waals surface area contributed by atoms with Crippen LogP contribution >= 0.6 is 11.3 Å². The van der Waals surface area contributed by atoms with Crippen LogP contribution in [0.4, 0.5) is 0 Å². The molecular weight excluding hydrogens is 264 g/mol. The smallest absolute Gasteiger partial charge is 0.0197 e. The lowest BCUT2D eigenvalue weighted by atomic mass is 10.1. The molecule has 0 saturated carbocycles. The summed E-state index contributed by atoms with van der Waals surface area (Å²) >= 11 is 1.91. The lowest BCUT2D eigenvalue weighted by Crippen LogP contribution is -1.90. The first-order valence-electron chi connectivity index (χ1n) is 8.46. The summed E-state index contributed by atoms with van der Waals surface area (Å²) in [4.78, 5) is 1.57. The van der Waals surface area contributed by atoms with Crippen LogP contribution in [0.25, 0.3) is 0 Å². The van der Waals surface area contributed by atoms with E-state index in [2.05, 4.69) is 24.4 Å². The van der Waals surface area contributed by atoms with Crippen molar-refractivity contribution in [2.45, 2.75) is 83.2 Å². The van der Waals surface area contributed by atoms with E-state index in [1.165, 1.54) is 64.2 Å². The van der Waals surface area contributed by atoms with Gasteiger partial charge in [0, 0.05) is 14.4 Å². The lowest BCUT2D eigenvalue weighted by Gasteiger charge is -2.02. The first-order valence-corrected chi connectivity index (χ1v) is 11.3. The van der Waals surface area contributed by atoms with E-state index in [1.807, 2.05) is 11.3 Å². The van der Waals surface area contributed by atoms with Gasteiger partial charge in [0.1, 0.15) is 0 Å². The molecule has 1 aromatic heterocycles. The highest BCUT2D eigenvalue weighted by molar-refractivity contribution is 7.09. The zero-order valence-corrected chi connectivity index (χ0v) is 15.1. The molecule has 0 aliphatic rings. The Hall–Kier alpha value is -0.0831. The largest absolute Gasteiger partial charge is 0.149 e. The van der Waals surface area contributed by atoms with Crippen LogP contribution < -0.4 is 0 Å². The first kappa shape index (κ1) is 17.0. The maximum Gasteiger partial charge on any atom is 0.0197 e. The molecule has 0 unspecified atom stereocenters. The summed E-state index contributed by atoms with van der Waals surface area (Å²) in [7, 11) is 0.294. The molecule has 0 aliphatic carbocycles. The zero-order valence-electron chi connectivity index (χ0n) is 12.8. The molecule has 0 aromatic carbocycles. The molecule has 1 heterocycles. The summed E-state index contributed by atoms with van der Waals surface area (Å²) < 4.78 is 0. The lowest BCUT2D eigenvalue weighted by molar-refractivity contribution is 0.623. The predicted molar refractivity (Wildman–Crippen MR) is 93.4 cm³/mol. The van der Waals surface area contributed by atoms with Crippen molar-refractivity contribution in [2.24, 2.45) is 0 Å². The molecule has 19 heavy (non-hydrogen) atoms. The Bertz CT molecular complexity index is 269. The van der Waals surface area contributed by atoms with Crippen molar-refractivity contribution >= 4 is 20.9 Å².